The second kappa shape index (κ2) is 8.50. The van der Waals surface area contributed by atoms with Crippen molar-refractivity contribution in [2.45, 2.75) is 38.6 Å². The van der Waals surface area contributed by atoms with E-state index in [1.807, 2.05) is 54.1 Å². The molecule has 1 unspecified atom stereocenters. The van der Waals surface area contributed by atoms with Crippen molar-refractivity contribution in [3.63, 3.8) is 0 Å². The van der Waals surface area contributed by atoms with Crippen LogP contribution in [0.25, 0.3) is 0 Å². The van der Waals surface area contributed by atoms with E-state index in [2.05, 4.69) is 18.7 Å². The van der Waals surface area contributed by atoms with Gasteiger partial charge in [0.25, 0.3) is 0 Å². The number of carbonyl (C=O) groups excluding carboxylic acids is 1. The van der Waals surface area contributed by atoms with Crippen LogP contribution in [0, 0.1) is 6.92 Å². The van der Waals surface area contributed by atoms with Gasteiger partial charge < -0.3 is 9.47 Å². The van der Waals surface area contributed by atoms with Gasteiger partial charge in [0.15, 0.2) is 5.78 Å². The zero-order valence-electron chi connectivity index (χ0n) is 18.2. The van der Waals surface area contributed by atoms with Crippen LogP contribution in [0.2, 0.25) is 0 Å². The monoisotopic (exact) mass is 426 g/mol. The van der Waals surface area contributed by atoms with Crippen molar-refractivity contribution in [3.05, 3.63) is 101 Å². The van der Waals surface area contributed by atoms with Crippen LogP contribution in [-0.4, -0.2) is 22.2 Å². The lowest BCUT2D eigenvalue weighted by Gasteiger charge is -2.31. The van der Waals surface area contributed by atoms with E-state index >= 15 is 0 Å². The third kappa shape index (κ3) is 3.64. The van der Waals surface area contributed by atoms with E-state index in [0.29, 0.717) is 19.6 Å². The summed E-state index contributed by atoms with van der Waals surface area (Å²) in [7, 11) is 0. The van der Waals surface area contributed by atoms with Crippen molar-refractivity contribution in [1.82, 2.24) is 9.78 Å². The average molecular weight is 427 g/mol. The molecule has 0 saturated heterocycles. The standard InChI is InChI=1S/C27H26N2O3/c1-3-16-31-21-14-12-20(13-15-21)25-24-18(2)28-29(17-19-8-5-4-6-9-19)27(24)32-23-11-7-10-22(30)26(23)25/h3-6,8-9,12-15,25H,1,7,10-11,16-17H2,2H3. The summed E-state index contributed by atoms with van der Waals surface area (Å²) in [5.41, 5.74) is 4.85. The fourth-order valence-corrected chi connectivity index (χ4v) is 4.65. The molecule has 2 heterocycles. The number of fused-ring (bicyclic) bond motifs is 1. The minimum absolute atomic E-state index is 0.170. The molecule has 0 fully saturated rings. The fourth-order valence-electron chi connectivity index (χ4n) is 4.65. The molecule has 2 aromatic carbocycles. The number of ketones is 1. The van der Waals surface area contributed by atoms with E-state index in [-0.39, 0.29) is 11.7 Å². The third-order valence-corrected chi connectivity index (χ3v) is 6.09. The predicted octanol–water partition coefficient (Wildman–Crippen LogP) is 5.34. The summed E-state index contributed by atoms with van der Waals surface area (Å²) >= 11 is 0. The molecule has 3 aromatic rings. The molecule has 1 atom stereocenters. The summed E-state index contributed by atoms with van der Waals surface area (Å²) in [5.74, 6) is 2.31. The van der Waals surface area contributed by atoms with E-state index in [0.717, 1.165) is 58.2 Å². The predicted molar refractivity (Wildman–Crippen MR) is 123 cm³/mol. The van der Waals surface area contributed by atoms with Crippen LogP contribution in [0.5, 0.6) is 11.6 Å². The number of nitrogens with zero attached hydrogens (tertiary/aromatic N) is 2. The summed E-state index contributed by atoms with van der Waals surface area (Å²) < 4.78 is 14.0. The number of allylic oxidation sites excluding steroid dienone is 2. The molecule has 162 valence electrons. The molecule has 5 heteroatoms. The number of hydrogen-bond acceptors (Lipinski definition) is 4. The number of ether oxygens (including phenoxy) is 2. The maximum Gasteiger partial charge on any atom is 0.222 e. The lowest BCUT2D eigenvalue weighted by atomic mass is 9.77. The highest BCUT2D eigenvalue weighted by Crippen LogP contribution is 2.48. The Morgan fingerprint density at radius 1 is 1.16 bits per heavy atom. The average Bonchev–Trinajstić information content (AvgIpc) is 3.12. The lowest BCUT2D eigenvalue weighted by molar-refractivity contribution is -0.116. The topological polar surface area (TPSA) is 53.4 Å². The smallest absolute Gasteiger partial charge is 0.222 e. The Kier molecular flexibility index (Phi) is 5.39. The Balaban J connectivity index is 1.59. The highest BCUT2D eigenvalue weighted by atomic mass is 16.5. The summed E-state index contributed by atoms with van der Waals surface area (Å²) in [5, 5.41) is 4.82. The van der Waals surface area contributed by atoms with Gasteiger partial charge in [-0.3, -0.25) is 4.79 Å². The highest BCUT2D eigenvalue weighted by molar-refractivity contribution is 5.99. The van der Waals surface area contributed by atoms with Crippen LogP contribution in [0.15, 0.2) is 78.6 Å². The largest absolute Gasteiger partial charge is 0.490 e. The normalized spacial score (nSPS) is 17.4. The Bertz CT molecular complexity index is 1190. The van der Waals surface area contributed by atoms with Gasteiger partial charge in [-0.1, -0.05) is 55.1 Å². The molecule has 5 rings (SSSR count). The Morgan fingerprint density at radius 3 is 2.69 bits per heavy atom. The number of rotatable bonds is 6. The summed E-state index contributed by atoms with van der Waals surface area (Å²) in [6.45, 7) is 6.77. The van der Waals surface area contributed by atoms with Gasteiger partial charge in [0, 0.05) is 29.9 Å². The van der Waals surface area contributed by atoms with Crippen molar-refractivity contribution in [3.8, 4) is 11.6 Å². The maximum absolute atomic E-state index is 13.0. The third-order valence-electron chi connectivity index (χ3n) is 6.09. The van der Waals surface area contributed by atoms with Crippen molar-refractivity contribution in [1.29, 1.82) is 0 Å². The molecule has 5 nitrogen and oxygen atoms in total. The molecule has 0 bridgehead atoms. The molecular formula is C27H26N2O3. The summed E-state index contributed by atoms with van der Waals surface area (Å²) in [6.07, 6.45) is 3.87. The first-order chi connectivity index (χ1) is 15.7. The molecule has 0 saturated carbocycles. The van der Waals surface area contributed by atoms with Gasteiger partial charge in [0.05, 0.1) is 12.2 Å². The number of Topliss-reactive ketones (excluding diaryl/α,β-unsaturated/α-hetero) is 1. The van der Waals surface area contributed by atoms with Crippen molar-refractivity contribution in [2.24, 2.45) is 0 Å². The second-order valence-electron chi connectivity index (χ2n) is 8.26. The quantitative estimate of drug-likeness (QED) is 0.500. The molecule has 1 aromatic heterocycles. The number of benzene rings is 2. The Morgan fingerprint density at radius 2 is 1.94 bits per heavy atom. The van der Waals surface area contributed by atoms with Crippen LogP contribution in [0.1, 0.15) is 47.6 Å². The van der Waals surface area contributed by atoms with Gasteiger partial charge in [-0.25, -0.2) is 4.68 Å². The van der Waals surface area contributed by atoms with Crippen LogP contribution >= 0.6 is 0 Å². The van der Waals surface area contributed by atoms with Crippen LogP contribution < -0.4 is 9.47 Å². The van der Waals surface area contributed by atoms with Gasteiger partial charge in [-0.2, -0.15) is 5.10 Å². The zero-order chi connectivity index (χ0) is 22.1. The SMILES string of the molecule is C=CCOc1ccc(C2C3=C(CCCC3=O)Oc3c2c(C)nn3Cc2ccccc2)cc1. The number of aryl methyl sites for hydroxylation is 1. The minimum Gasteiger partial charge on any atom is -0.490 e. The highest BCUT2D eigenvalue weighted by Gasteiger charge is 2.40. The zero-order valence-corrected chi connectivity index (χ0v) is 18.2. The van der Waals surface area contributed by atoms with Crippen molar-refractivity contribution < 1.29 is 14.3 Å². The molecule has 0 radical (unpaired) electrons. The maximum atomic E-state index is 13.0. The Hall–Kier alpha value is -3.60. The van der Waals surface area contributed by atoms with Gasteiger partial charge in [0.2, 0.25) is 5.88 Å². The molecule has 0 N–H and O–H groups in total. The van der Waals surface area contributed by atoms with Gasteiger partial charge in [0.1, 0.15) is 18.1 Å². The van der Waals surface area contributed by atoms with Crippen LogP contribution in [-0.2, 0) is 11.3 Å². The first-order valence-electron chi connectivity index (χ1n) is 11.0. The first-order valence-corrected chi connectivity index (χ1v) is 11.0. The van der Waals surface area contributed by atoms with Crippen LogP contribution in [0.3, 0.4) is 0 Å². The Labute approximate surface area is 188 Å². The summed E-state index contributed by atoms with van der Waals surface area (Å²) in [4.78, 5) is 13.0. The van der Waals surface area contributed by atoms with Gasteiger partial charge in [-0.15, -0.1) is 0 Å². The first kappa shape index (κ1) is 20.3. The van der Waals surface area contributed by atoms with Gasteiger partial charge >= 0.3 is 0 Å². The number of aromatic nitrogens is 2. The van der Waals surface area contributed by atoms with E-state index < -0.39 is 0 Å². The van der Waals surface area contributed by atoms with E-state index in [1.54, 1.807) is 6.08 Å². The molecule has 1 aliphatic carbocycles. The molecular weight excluding hydrogens is 400 g/mol. The second-order valence-corrected chi connectivity index (χ2v) is 8.26. The molecule has 32 heavy (non-hydrogen) atoms. The van der Waals surface area contributed by atoms with E-state index in [1.165, 1.54) is 0 Å². The molecule has 2 aliphatic rings. The van der Waals surface area contributed by atoms with E-state index in [9.17, 15) is 4.79 Å². The summed E-state index contributed by atoms with van der Waals surface area (Å²) in [6, 6.07) is 18.2. The molecule has 0 spiro atoms. The minimum atomic E-state index is -0.181. The lowest BCUT2D eigenvalue weighted by Crippen LogP contribution is -2.26. The number of hydrogen-bond donors (Lipinski definition) is 0. The van der Waals surface area contributed by atoms with Crippen molar-refractivity contribution >= 4 is 5.78 Å². The van der Waals surface area contributed by atoms with Crippen LogP contribution in [0.4, 0.5) is 0 Å². The van der Waals surface area contributed by atoms with Gasteiger partial charge in [-0.05, 0) is 36.6 Å². The van der Waals surface area contributed by atoms with E-state index in [4.69, 9.17) is 14.6 Å². The molecule has 0 amide bonds. The van der Waals surface area contributed by atoms with Crippen molar-refractivity contribution in [2.75, 3.05) is 6.61 Å². The number of carbonyl (C=O) groups is 1. The fraction of sp³-hybridized carbons (Fsp3) is 0.259. The molecule has 1 aliphatic heterocycles.